The van der Waals surface area contributed by atoms with E-state index in [0.29, 0.717) is 5.56 Å². The molecule has 0 radical (unpaired) electrons. The molecule has 1 aromatic carbocycles. The number of halogens is 3. The molecule has 1 heterocycles. The van der Waals surface area contributed by atoms with Gasteiger partial charge in [-0.15, -0.1) is 0 Å². The lowest BCUT2D eigenvalue weighted by Gasteiger charge is -2.32. The number of nitrogens with one attached hydrogen (secondary N) is 1. The molecule has 1 amide bonds. The summed E-state index contributed by atoms with van der Waals surface area (Å²) >= 11 is 0. The number of hydrogen-bond donors (Lipinski definition) is 1. The molecule has 0 saturated carbocycles. The predicted octanol–water partition coefficient (Wildman–Crippen LogP) is 2.80. The van der Waals surface area contributed by atoms with Gasteiger partial charge in [-0.2, -0.15) is 13.2 Å². The number of likely N-dealkylation sites (tertiary alicyclic amines) is 1. The second-order valence-electron chi connectivity index (χ2n) is 6.79. The maximum atomic E-state index is 12.2. The average Bonchev–Trinajstić information content (AvgIpc) is 2.66. The van der Waals surface area contributed by atoms with Crippen molar-refractivity contribution in [2.45, 2.75) is 31.9 Å². The second kappa shape index (κ2) is 9.73. The first-order chi connectivity index (χ1) is 12.8. The number of hydrogen-bond acceptors (Lipinski definition) is 4. The van der Waals surface area contributed by atoms with Gasteiger partial charge in [-0.3, -0.25) is 4.79 Å². The minimum absolute atomic E-state index is 0.0759. The highest BCUT2D eigenvalue weighted by molar-refractivity contribution is 5.89. The standard InChI is InChI=1S/C19H25F3N2O3/c1-27-17(25)16-6-2-4-14(12-16)5-3-9-24-10-7-15(8-11-24)13-23-18(26)19(20,21)22/h2,4,6,12,15H,3,5,7-11,13H2,1H3,(H,23,26). The van der Waals surface area contributed by atoms with Gasteiger partial charge in [0.1, 0.15) is 0 Å². The maximum absolute atomic E-state index is 12.2. The number of aryl methyl sites for hydroxylation is 1. The monoisotopic (exact) mass is 386 g/mol. The van der Waals surface area contributed by atoms with Crippen LogP contribution in [-0.2, 0) is 16.0 Å². The summed E-state index contributed by atoms with van der Waals surface area (Å²) in [7, 11) is 1.35. The normalized spacial score (nSPS) is 16.1. The van der Waals surface area contributed by atoms with E-state index in [1.54, 1.807) is 6.07 Å². The van der Waals surface area contributed by atoms with Crippen LogP contribution in [0.1, 0.15) is 35.2 Å². The molecule has 0 aliphatic carbocycles. The zero-order valence-electron chi connectivity index (χ0n) is 15.3. The van der Waals surface area contributed by atoms with Gasteiger partial charge in [0.15, 0.2) is 0 Å². The molecular weight excluding hydrogens is 361 g/mol. The van der Waals surface area contributed by atoms with Crippen molar-refractivity contribution in [3.05, 3.63) is 35.4 Å². The number of benzene rings is 1. The van der Waals surface area contributed by atoms with Gasteiger partial charge in [-0.05, 0) is 68.9 Å². The lowest BCUT2D eigenvalue weighted by Crippen LogP contribution is -2.42. The largest absolute Gasteiger partial charge is 0.471 e. The number of carbonyl (C=O) groups is 2. The van der Waals surface area contributed by atoms with E-state index < -0.39 is 12.1 Å². The molecular formula is C19H25F3N2O3. The van der Waals surface area contributed by atoms with Crippen molar-refractivity contribution in [1.82, 2.24) is 10.2 Å². The van der Waals surface area contributed by atoms with Crippen LogP contribution in [0.2, 0.25) is 0 Å². The third kappa shape index (κ3) is 6.86. The fourth-order valence-corrected chi connectivity index (χ4v) is 3.23. The van der Waals surface area contributed by atoms with E-state index in [1.165, 1.54) is 7.11 Å². The SMILES string of the molecule is COC(=O)c1cccc(CCCN2CCC(CNC(=O)C(F)(F)F)CC2)c1. The Morgan fingerprint density at radius 3 is 2.59 bits per heavy atom. The van der Waals surface area contributed by atoms with Crippen LogP contribution in [0.15, 0.2) is 24.3 Å². The number of alkyl halides is 3. The molecule has 1 aliphatic heterocycles. The smallest absolute Gasteiger partial charge is 0.465 e. The molecule has 0 unspecified atom stereocenters. The van der Waals surface area contributed by atoms with E-state index in [2.05, 4.69) is 4.90 Å². The summed E-state index contributed by atoms with van der Waals surface area (Å²) in [6.07, 6.45) is -1.50. The van der Waals surface area contributed by atoms with E-state index in [9.17, 15) is 22.8 Å². The molecule has 27 heavy (non-hydrogen) atoms. The Morgan fingerprint density at radius 1 is 1.26 bits per heavy atom. The molecule has 0 bridgehead atoms. The average molecular weight is 386 g/mol. The number of esters is 1. The van der Waals surface area contributed by atoms with E-state index in [4.69, 9.17) is 4.74 Å². The van der Waals surface area contributed by atoms with Gasteiger partial charge in [0, 0.05) is 6.54 Å². The Balaban J connectivity index is 1.66. The Kier molecular flexibility index (Phi) is 7.65. The molecule has 1 aliphatic rings. The first kappa shape index (κ1) is 21.2. The number of piperidine rings is 1. The summed E-state index contributed by atoms with van der Waals surface area (Å²) in [6.45, 7) is 2.60. The topological polar surface area (TPSA) is 58.6 Å². The van der Waals surface area contributed by atoms with Gasteiger partial charge < -0.3 is 15.0 Å². The molecule has 5 nitrogen and oxygen atoms in total. The van der Waals surface area contributed by atoms with Crippen molar-refractivity contribution in [3.8, 4) is 0 Å². The van der Waals surface area contributed by atoms with E-state index >= 15 is 0 Å². The maximum Gasteiger partial charge on any atom is 0.471 e. The first-order valence-corrected chi connectivity index (χ1v) is 9.04. The minimum atomic E-state index is -4.81. The molecule has 0 atom stereocenters. The zero-order valence-corrected chi connectivity index (χ0v) is 15.3. The highest BCUT2D eigenvalue weighted by atomic mass is 19.4. The number of methoxy groups -OCH3 is 1. The summed E-state index contributed by atoms with van der Waals surface area (Å²) < 4.78 is 41.3. The van der Waals surface area contributed by atoms with Crippen molar-refractivity contribution in [3.63, 3.8) is 0 Å². The van der Waals surface area contributed by atoms with Crippen molar-refractivity contribution < 1.29 is 27.5 Å². The number of nitrogens with zero attached hydrogens (tertiary/aromatic N) is 1. The Labute approximate surface area is 156 Å². The van der Waals surface area contributed by atoms with Gasteiger partial charge >= 0.3 is 18.1 Å². The van der Waals surface area contributed by atoms with Crippen LogP contribution in [0.4, 0.5) is 13.2 Å². The first-order valence-electron chi connectivity index (χ1n) is 9.04. The van der Waals surface area contributed by atoms with Gasteiger partial charge in [0.2, 0.25) is 0 Å². The lowest BCUT2D eigenvalue weighted by molar-refractivity contribution is -0.173. The molecule has 1 fully saturated rings. The molecule has 1 aromatic rings. The Morgan fingerprint density at radius 2 is 1.96 bits per heavy atom. The highest BCUT2D eigenvalue weighted by Crippen LogP contribution is 2.19. The number of amides is 1. The quantitative estimate of drug-likeness (QED) is 0.732. The summed E-state index contributed by atoms with van der Waals surface area (Å²) in [4.78, 5) is 24.7. The van der Waals surface area contributed by atoms with Crippen LogP contribution in [0.3, 0.4) is 0 Å². The van der Waals surface area contributed by atoms with Crippen molar-refractivity contribution in [1.29, 1.82) is 0 Å². The summed E-state index contributed by atoms with van der Waals surface area (Å²) in [6, 6.07) is 7.36. The third-order valence-corrected chi connectivity index (χ3v) is 4.80. The highest BCUT2D eigenvalue weighted by Gasteiger charge is 2.38. The third-order valence-electron chi connectivity index (χ3n) is 4.80. The number of rotatable bonds is 7. The van der Waals surface area contributed by atoms with E-state index in [0.717, 1.165) is 50.9 Å². The Hall–Kier alpha value is -2.09. The predicted molar refractivity (Wildman–Crippen MR) is 94.3 cm³/mol. The summed E-state index contributed by atoms with van der Waals surface area (Å²) in [5, 5.41) is 1.97. The van der Waals surface area contributed by atoms with Gasteiger partial charge in [0.25, 0.3) is 0 Å². The van der Waals surface area contributed by atoms with Crippen LogP contribution in [0, 0.1) is 5.92 Å². The summed E-state index contributed by atoms with van der Waals surface area (Å²) in [5.74, 6) is -2.13. The van der Waals surface area contributed by atoms with Gasteiger partial charge in [0.05, 0.1) is 12.7 Å². The van der Waals surface area contributed by atoms with Crippen LogP contribution >= 0.6 is 0 Å². The Bertz CT molecular complexity index is 641. The van der Waals surface area contributed by atoms with Crippen LogP contribution in [0.5, 0.6) is 0 Å². The molecule has 0 aromatic heterocycles. The van der Waals surface area contributed by atoms with E-state index in [1.807, 2.05) is 23.5 Å². The number of carbonyl (C=O) groups excluding carboxylic acids is 2. The number of ether oxygens (including phenoxy) is 1. The van der Waals surface area contributed by atoms with Gasteiger partial charge in [-0.1, -0.05) is 12.1 Å². The van der Waals surface area contributed by atoms with Crippen molar-refractivity contribution in [2.75, 3.05) is 33.3 Å². The molecule has 1 N–H and O–H groups in total. The molecule has 1 saturated heterocycles. The lowest BCUT2D eigenvalue weighted by atomic mass is 9.96. The molecule has 8 heteroatoms. The van der Waals surface area contributed by atoms with E-state index in [-0.39, 0.29) is 18.4 Å². The van der Waals surface area contributed by atoms with Crippen molar-refractivity contribution in [2.24, 2.45) is 5.92 Å². The summed E-state index contributed by atoms with van der Waals surface area (Å²) in [5.41, 5.74) is 1.61. The molecule has 0 spiro atoms. The molecule has 2 rings (SSSR count). The zero-order chi connectivity index (χ0) is 19.9. The fourth-order valence-electron chi connectivity index (χ4n) is 3.23. The molecule has 150 valence electrons. The second-order valence-corrected chi connectivity index (χ2v) is 6.79. The van der Waals surface area contributed by atoms with Gasteiger partial charge in [-0.25, -0.2) is 4.79 Å². The van der Waals surface area contributed by atoms with Crippen LogP contribution < -0.4 is 5.32 Å². The fraction of sp³-hybridized carbons (Fsp3) is 0.579. The van der Waals surface area contributed by atoms with Crippen LogP contribution in [-0.4, -0.2) is 56.2 Å². The minimum Gasteiger partial charge on any atom is -0.465 e. The van der Waals surface area contributed by atoms with Crippen LogP contribution in [0.25, 0.3) is 0 Å². The van der Waals surface area contributed by atoms with Crippen molar-refractivity contribution >= 4 is 11.9 Å².